The van der Waals surface area contributed by atoms with Gasteiger partial charge < -0.3 is 4.90 Å². The number of hydrogen-bond donors (Lipinski definition) is 1. The lowest BCUT2D eigenvalue weighted by atomic mass is 9.42. The molecule has 104 valence electrons. The second-order valence-corrected chi connectivity index (χ2v) is 9.29. The predicted molar refractivity (Wildman–Crippen MR) is 76.7 cm³/mol. The van der Waals surface area contributed by atoms with Crippen LogP contribution < -0.4 is 4.90 Å². The minimum Gasteiger partial charge on any atom is -0.332 e. The van der Waals surface area contributed by atoms with Crippen molar-refractivity contribution in [3.05, 3.63) is 0 Å². The van der Waals surface area contributed by atoms with Gasteiger partial charge in [0.05, 0.1) is 19.1 Å². The zero-order valence-electron chi connectivity index (χ0n) is 13.1. The highest BCUT2D eigenvalue weighted by molar-refractivity contribution is 5.11. The van der Waals surface area contributed by atoms with Crippen LogP contribution in [0.3, 0.4) is 0 Å². The molecular formula is C17H32N+. The van der Waals surface area contributed by atoms with Crippen molar-refractivity contribution in [2.24, 2.45) is 22.7 Å². The molecule has 4 bridgehead atoms. The van der Waals surface area contributed by atoms with Gasteiger partial charge in [-0.25, -0.2) is 0 Å². The first kappa shape index (κ1) is 13.0. The van der Waals surface area contributed by atoms with E-state index in [0.717, 1.165) is 11.8 Å². The molecule has 1 heteroatoms. The zero-order chi connectivity index (χ0) is 13.2. The largest absolute Gasteiger partial charge is 0.332 e. The third-order valence-corrected chi connectivity index (χ3v) is 6.25. The second kappa shape index (κ2) is 3.75. The van der Waals surface area contributed by atoms with Crippen molar-refractivity contribution >= 4 is 0 Å². The molecule has 0 spiro atoms. The van der Waals surface area contributed by atoms with Gasteiger partial charge in [-0.15, -0.1) is 0 Å². The summed E-state index contributed by atoms with van der Waals surface area (Å²) in [6.07, 6.45) is 9.10. The SMILES string of the molecule is CC(C)C[NH+](C)C12CC3CC(C)(CC(C)(C3)C1)C2. The Kier molecular flexibility index (Phi) is 2.70. The van der Waals surface area contributed by atoms with Crippen molar-refractivity contribution in [1.82, 2.24) is 0 Å². The monoisotopic (exact) mass is 250 g/mol. The fourth-order valence-electron chi connectivity index (χ4n) is 6.75. The van der Waals surface area contributed by atoms with Gasteiger partial charge in [0.25, 0.3) is 0 Å². The lowest BCUT2D eigenvalue weighted by Crippen LogP contribution is -3.19. The van der Waals surface area contributed by atoms with E-state index in [1.165, 1.54) is 45.1 Å². The van der Waals surface area contributed by atoms with Crippen LogP contribution in [0.25, 0.3) is 0 Å². The van der Waals surface area contributed by atoms with Gasteiger partial charge in [-0.2, -0.15) is 0 Å². The summed E-state index contributed by atoms with van der Waals surface area (Å²) in [5.41, 5.74) is 1.98. The standard InChI is InChI=1S/C17H31N/c1-13(2)9-18(5)17-8-14-6-15(3,11-17)10-16(4,7-14)12-17/h13-14H,6-12H2,1-5H3/p+1. The van der Waals surface area contributed by atoms with E-state index in [-0.39, 0.29) is 0 Å². The van der Waals surface area contributed by atoms with Crippen LogP contribution in [0.15, 0.2) is 0 Å². The maximum Gasteiger partial charge on any atom is 0.0988 e. The Morgan fingerprint density at radius 1 is 1.00 bits per heavy atom. The van der Waals surface area contributed by atoms with Crippen molar-refractivity contribution in [2.45, 2.75) is 71.8 Å². The summed E-state index contributed by atoms with van der Waals surface area (Å²) in [6.45, 7) is 11.3. The molecule has 1 nitrogen and oxygen atoms in total. The van der Waals surface area contributed by atoms with Crippen LogP contribution in [-0.4, -0.2) is 19.1 Å². The van der Waals surface area contributed by atoms with E-state index < -0.39 is 0 Å². The van der Waals surface area contributed by atoms with Gasteiger partial charge in [-0.1, -0.05) is 27.7 Å². The van der Waals surface area contributed by atoms with Crippen molar-refractivity contribution in [1.29, 1.82) is 0 Å². The Balaban J connectivity index is 1.89. The summed E-state index contributed by atoms with van der Waals surface area (Å²) in [6, 6.07) is 0. The Morgan fingerprint density at radius 3 is 2.00 bits per heavy atom. The molecule has 4 rings (SSSR count). The van der Waals surface area contributed by atoms with Gasteiger partial charge in [-0.05, 0) is 36.0 Å². The molecule has 0 aromatic rings. The van der Waals surface area contributed by atoms with E-state index in [0.29, 0.717) is 16.4 Å². The maximum absolute atomic E-state index is 2.59. The van der Waals surface area contributed by atoms with E-state index in [4.69, 9.17) is 0 Å². The Labute approximate surface area is 113 Å². The van der Waals surface area contributed by atoms with Crippen LogP contribution in [0.1, 0.15) is 66.2 Å². The lowest BCUT2D eigenvalue weighted by Gasteiger charge is -2.65. The molecule has 4 fully saturated rings. The van der Waals surface area contributed by atoms with Gasteiger partial charge in [0, 0.05) is 25.2 Å². The van der Waals surface area contributed by atoms with Gasteiger partial charge >= 0.3 is 0 Å². The van der Waals surface area contributed by atoms with Gasteiger partial charge in [0.2, 0.25) is 0 Å². The van der Waals surface area contributed by atoms with Crippen LogP contribution in [0.2, 0.25) is 0 Å². The smallest absolute Gasteiger partial charge is 0.0988 e. The minimum atomic E-state index is 0.632. The molecule has 4 aliphatic rings. The fourth-order valence-corrected chi connectivity index (χ4v) is 6.75. The Bertz CT molecular complexity index is 328. The van der Waals surface area contributed by atoms with E-state index in [1.54, 1.807) is 0 Å². The average Bonchev–Trinajstić information content (AvgIpc) is 2.09. The highest BCUT2D eigenvalue weighted by Gasteiger charge is 2.63. The van der Waals surface area contributed by atoms with Gasteiger partial charge in [0.15, 0.2) is 0 Å². The quantitative estimate of drug-likeness (QED) is 0.785. The van der Waals surface area contributed by atoms with Crippen molar-refractivity contribution in [2.75, 3.05) is 13.6 Å². The van der Waals surface area contributed by atoms with E-state index in [9.17, 15) is 0 Å². The first-order valence-corrected chi connectivity index (χ1v) is 8.07. The number of nitrogens with one attached hydrogen (secondary N) is 1. The first-order chi connectivity index (χ1) is 8.24. The summed E-state index contributed by atoms with van der Waals surface area (Å²) in [4.78, 5) is 1.85. The molecule has 1 N–H and O–H groups in total. The zero-order valence-corrected chi connectivity index (χ0v) is 13.1. The van der Waals surface area contributed by atoms with Crippen LogP contribution in [0.5, 0.6) is 0 Å². The molecule has 0 aliphatic heterocycles. The van der Waals surface area contributed by atoms with Gasteiger partial charge in [0.1, 0.15) is 0 Å². The summed E-state index contributed by atoms with van der Waals surface area (Å²) in [5, 5.41) is 0. The summed E-state index contributed by atoms with van der Waals surface area (Å²) < 4.78 is 0. The molecule has 4 saturated carbocycles. The average molecular weight is 250 g/mol. The molecule has 18 heavy (non-hydrogen) atoms. The highest BCUT2D eigenvalue weighted by Crippen LogP contribution is 2.65. The molecule has 0 radical (unpaired) electrons. The molecule has 0 aromatic heterocycles. The molecule has 3 atom stereocenters. The molecular weight excluding hydrogens is 218 g/mol. The van der Waals surface area contributed by atoms with E-state index in [2.05, 4.69) is 34.7 Å². The second-order valence-electron chi connectivity index (χ2n) is 9.29. The molecule has 0 aromatic carbocycles. The summed E-state index contributed by atoms with van der Waals surface area (Å²) >= 11 is 0. The lowest BCUT2D eigenvalue weighted by molar-refractivity contribution is -0.945. The highest BCUT2D eigenvalue weighted by atomic mass is 15.2. The van der Waals surface area contributed by atoms with E-state index in [1.807, 2.05) is 4.90 Å². The summed E-state index contributed by atoms with van der Waals surface area (Å²) in [5.74, 6) is 1.87. The minimum absolute atomic E-state index is 0.632. The molecule has 0 saturated heterocycles. The normalized spacial score (nSPS) is 52.0. The van der Waals surface area contributed by atoms with Crippen LogP contribution >= 0.6 is 0 Å². The molecule has 3 unspecified atom stereocenters. The Hall–Kier alpha value is -0.0400. The summed E-state index contributed by atoms with van der Waals surface area (Å²) in [7, 11) is 2.49. The van der Waals surface area contributed by atoms with Crippen molar-refractivity contribution in [3.8, 4) is 0 Å². The van der Waals surface area contributed by atoms with Crippen molar-refractivity contribution < 1.29 is 4.90 Å². The number of hydrogen-bond acceptors (Lipinski definition) is 0. The van der Waals surface area contributed by atoms with Crippen molar-refractivity contribution in [3.63, 3.8) is 0 Å². The van der Waals surface area contributed by atoms with E-state index >= 15 is 0 Å². The van der Waals surface area contributed by atoms with Crippen LogP contribution in [0, 0.1) is 22.7 Å². The predicted octanol–water partition coefficient (Wildman–Crippen LogP) is 2.91. The van der Waals surface area contributed by atoms with Crippen LogP contribution in [0.4, 0.5) is 0 Å². The van der Waals surface area contributed by atoms with Gasteiger partial charge in [-0.3, -0.25) is 0 Å². The number of quaternary nitrogens is 1. The fraction of sp³-hybridized carbons (Fsp3) is 1.00. The topological polar surface area (TPSA) is 4.44 Å². The third kappa shape index (κ3) is 1.94. The number of rotatable bonds is 3. The molecule has 0 heterocycles. The Morgan fingerprint density at radius 2 is 1.56 bits per heavy atom. The third-order valence-electron chi connectivity index (χ3n) is 6.25. The molecule has 4 aliphatic carbocycles. The maximum atomic E-state index is 2.59. The first-order valence-electron chi connectivity index (χ1n) is 8.07. The van der Waals surface area contributed by atoms with Crippen LogP contribution in [-0.2, 0) is 0 Å². The molecule has 0 amide bonds.